The first-order chi connectivity index (χ1) is 14.5. The Bertz CT molecular complexity index is 902. The lowest BCUT2D eigenvalue weighted by molar-refractivity contribution is -0.129. The summed E-state index contributed by atoms with van der Waals surface area (Å²) in [6, 6.07) is 10.2. The molecule has 1 aliphatic heterocycles. The SMILES string of the molecule is CCOc1ccc([C@H]2C(C(=O)c3cccs3)=C(O)C(=O)N2CCN(CC)CC)cc1. The fourth-order valence-electron chi connectivity index (χ4n) is 3.71. The third kappa shape index (κ3) is 4.42. The van der Waals surface area contributed by atoms with Crippen molar-refractivity contribution in [3.05, 3.63) is 63.6 Å². The summed E-state index contributed by atoms with van der Waals surface area (Å²) in [6.07, 6.45) is 0. The Labute approximate surface area is 181 Å². The standard InChI is InChI=1S/C23H28N2O4S/c1-4-24(5-2)13-14-25-20(16-9-11-17(12-10-16)29-6-3)19(22(27)23(25)28)21(26)18-8-7-15-30-18/h7-12,15,20,27H,4-6,13-14H2,1-3H3/t20-/m0/s1. The number of rotatable bonds is 10. The van der Waals surface area contributed by atoms with Gasteiger partial charge >= 0.3 is 0 Å². The molecule has 1 amide bonds. The van der Waals surface area contributed by atoms with E-state index in [0.717, 1.165) is 24.4 Å². The van der Waals surface area contributed by atoms with Crippen LogP contribution in [-0.2, 0) is 4.79 Å². The van der Waals surface area contributed by atoms with Gasteiger partial charge in [0.25, 0.3) is 5.91 Å². The van der Waals surface area contributed by atoms with E-state index < -0.39 is 17.7 Å². The number of ketones is 1. The number of hydrogen-bond acceptors (Lipinski definition) is 6. The number of Topliss-reactive ketones (excluding diaryl/α,β-unsaturated/α-hetero) is 1. The first kappa shape index (κ1) is 22.1. The number of aliphatic hydroxyl groups excluding tert-OH is 1. The molecule has 2 aromatic rings. The quantitative estimate of drug-likeness (QED) is 0.578. The minimum atomic E-state index is -0.627. The Morgan fingerprint density at radius 1 is 1.17 bits per heavy atom. The molecule has 1 atom stereocenters. The van der Waals surface area contributed by atoms with Gasteiger partial charge in [-0.1, -0.05) is 32.0 Å². The number of hydrogen-bond donors (Lipinski definition) is 1. The largest absolute Gasteiger partial charge is 0.503 e. The van der Waals surface area contributed by atoms with Crippen molar-refractivity contribution in [3.8, 4) is 5.75 Å². The number of ether oxygens (including phenoxy) is 1. The second-order valence-electron chi connectivity index (χ2n) is 7.00. The molecule has 1 aromatic carbocycles. The van der Waals surface area contributed by atoms with E-state index in [1.165, 1.54) is 11.3 Å². The second kappa shape index (κ2) is 9.91. The molecule has 0 bridgehead atoms. The van der Waals surface area contributed by atoms with Gasteiger partial charge < -0.3 is 19.6 Å². The fraction of sp³-hybridized carbons (Fsp3) is 0.391. The molecule has 1 aromatic heterocycles. The highest BCUT2D eigenvalue weighted by molar-refractivity contribution is 7.12. The van der Waals surface area contributed by atoms with Crippen molar-refractivity contribution >= 4 is 23.0 Å². The zero-order chi connectivity index (χ0) is 21.7. The van der Waals surface area contributed by atoms with Crippen LogP contribution in [0, 0.1) is 0 Å². The average Bonchev–Trinajstić information content (AvgIpc) is 3.38. The number of carbonyl (C=O) groups excluding carboxylic acids is 2. The lowest BCUT2D eigenvalue weighted by Gasteiger charge is -2.29. The summed E-state index contributed by atoms with van der Waals surface area (Å²) >= 11 is 1.30. The monoisotopic (exact) mass is 428 g/mol. The highest BCUT2D eigenvalue weighted by atomic mass is 32.1. The summed E-state index contributed by atoms with van der Waals surface area (Å²) in [5.41, 5.74) is 0.918. The van der Waals surface area contributed by atoms with Crippen LogP contribution >= 0.6 is 11.3 Å². The van der Waals surface area contributed by atoms with Crippen molar-refractivity contribution in [2.75, 3.05) is 32.8 Å². The van der Waals surface area contributed by atoms with Crippen LogP contribution in [0.4, 0.5) is 0 Å². The number of nitrogens with zero attached hydrogens (tertiary/aromatic N) is 2. The van der Waals surface area contributed by atoms with E-state index in [1.807, 2.05) is 36.6 Å². The summed E-state index contributed by atoms with van der Waals surface area (Å²) in [5.74, 6) is -0.535. The van der Waals surface area contributed by atoms with Gasteiger partial charge in [-0.05, 0) is 49.2 Å². The summed E-state index contributed by atoms with van der Waals surface area (Å²) in [7, 11) is 0. The zero-order valence-corrected chi connectivity index (χ0v) is 18.4. The molecule has 3 rings (SSSR count). The maximum Gasteiger partial charge on any atom is 0.290 e. The van der Waals surface area contributed by atoms with Crippen molar-refractivity contribution < 1.29 is 19.4 Å². The van der Waals surface area contributed by atoms with Crippen LogP contribution in [0.3, 0.4) is 0 Å². The van der Waals surface area contributed by atoms with Crippen molar-refractivity contribution in [1.29, 1.82) is 0 Å². The Hall–Kier alpha value is -2.64. The van der Waals surface area contributed by atoms with Crippen LogP contribution in [0.15, 0.2) is 53.1 Å². The molecular formula is C23H28N2O4S. The summed E-state index contributed by atoms with van der Waals surface area (Å²) in [6.45, 7) is 9.43. The average molecular weight is 429 g/mol. The van der Waals surface area contributed by atoms with Crippen molar-refractivity contribution in [2.24, 2.45) is 0 Å². The predicted octanol–water partition coefficient (Wildman–Crippen LogP) is 4.07. The molecule has 0 unspecified atom stereocenters. The first-order valence-corrected chi connectivity index (χ1v) is 11.2. The Morgan fingerprint density at radius 2 is 1.87 bits per heavy atom. The number of likely N-dealkylation sites (N-methyl/N-ethyl adjacent to an activating group) is 1. The minimum Gasteiger partial charge on any atom is -0.503 e. The van der Waals surface area contributed by atoms with Crippen LogP contribution in [-0.4, -0.2) is 59.4 Å². The molecule has 0 saturated heterocycles. The van der Waals surface area contributed by atoms with E-state index in [-0.39, 0.29) is 11.4 Å². The molecule has 7 heteroatoms. The van der Waals surface area contributed by atoms with Gasteiger partial charge in [-0.3, -0.25) is 9.59 Å². The zero-order valence-electron chi connectivity index (χ0n) is 17.6. The number of amides is 1. The Morgan fingerprint density at radius 3 is 2.43 bits per heavy atom. The van der Waals surface area contributed by atoms with Crippen LogP contribution in [0.5, 0.6) is 5.75 Å². The van der Waals surface area contributed by atoms with Crippen molar-refractivity contribution in [1.82, 2.24) is 9.80 Å². The van der Waals surface area contributed by atoms with E-state index in [4.69, 9.17) is 4.74 Å². The third-order valence-electron chi connectivity index (χ3n) is 5.35. The molecule has 0 saturated carbocycles. The summed E-state index contributed by atoms with van der Waals surface area (Å²) < 4.78 is 5.52. The van der Waals surface area contributed by atoms with E-state index in [2.05, 4.69) is 18.7 Å². The van der Waals surface area contributed by atoms with Gasteiger partial charge in [0, 0.05) is 13.1 Å². The third-order valence-corrected chi connectivity index (χ3v) is 6.22. The topological polar surface area (TPSA) is 70.1 Å². The van der Waals surface area contributed by atoms with Gasteiger partial charge in [0.2, 0.25) is 5.78 Å². The van der Waals surface area contributed by atoms with Crippen LogP contribution in [0.25, 0.3) is 0 Å². The van der Waals surface area contributed by atoms with Gasteiger partial charge in [0.05, 0.1) is 23.1 Å². The molecule has 2 heterocycles. The smallest absolute Gasteiger partial charge is 0.290 e. The Kier molecular flexibility index (Phi) is 7.29. The highest BCUT2D eigenvalue weighted by Gasteiger charge is 2.43. The molecule has 30 heavy (non-hydrogen) atoms. The van der Waals surface area contributed by atoms with Crippen LogP contribution in [0.1, 0.15) is 42.0 Å². The highest BCUT2D eigenvalue weighted by Crippen LogP contribution is 2.39. The Balaban J connectivity index is 1.98. The molecule has 0 aliphatic carbocycles. The van der Waals surface area contributed by atoms with E-state index in [9.17, 15) is 14.7 Å². The predicted molar refractivity (Wildman–Crippen MR) is 118 cm³/mol. The van der Waals surface area contributed by atoms with Crippen LogP contribution in [0.2, 0.25) is 0 Å². The molecule has 160 valence electrons. The fourth-order valence-corrected chi connectivity index (χ4v) is 4.38. The lowest BCUT2D eigenvalue weighted by atomic mass is 9.95. The van der Waals surface area contributed by atoms with Crippen LogP contribution < -0.4 is 4.74 Å². The lowest BCUT2D eigenvalue weighted by Crippen LogP contribution is -2.38. The van der Waals surface area contributed by atoms with E-state index >= 15 is 0 Å². The molecular weight excluding hydrogens is 400 g/mol. The molecule has 1 N–H and O–H groups in total. The molecule has 0 spiro atoms. The van der Waals surface area contributed by atoms with Crippen molar-refractivity contribution in [3.63, 3.8) is 0 Å². The number of benzene rings is 1. The van der Waals surface area contributed by atoms with Gasteiger partial charge in [0.1, 0.15) is 5.75 Å². The van der Waals surface area contributed by atoms with E-state index in [1.54, 1.807) is 17.0 Å². The van der Waals surface area contributed by atoms with Crippen molar-refractivity contribution in [2.45, 2.75) is 26.8 Å². The molecule has 0 radical (unpaired) electrons. The number of carbonyl (C=O) groups is 2. The second-order valence-corrected chi connectivity index (χ2v) is 7.95. The van der Waals surface area contributed by atoms with Gasteiger partial charge in [-0.25, -0.2) is 0 Å². The molecule has 0 fully saturated rings. The minimum absolute atomic E-state index is 0.145. The van der Waals surface area contributed by atoms with Gasteiger partial charge in [-0.15, -0.1) is 11.3 Å². The van der Waals surface area contributed by atoms with E-state index in [0.29, 0.717) is 24.6 Å². The first-order valence-electron chi connectivity index (χ1n) is 10.3. The molecule has 6 nitrogen and oxygen atoms in total. The maximum absolute atomic E-state index is 13.2. The van der Waals surface area contributed by atoms with Gasteiger partial charge in [0.15, 0.2) is 5.76 Å². The number of thiophene rings is 1. The number of aliphatic hydroxyl groups is 1. The molecule has 1 aliphatic rings. The summed E-state index contributed by atoms with van der Waals surface area (Å²) in [5, 5.41) is 12.5. The van der Waals surface area contributed by atoms with Gasteiger partial charge in [-0.2, -0.15) is 0 Å². The normalized spacial score (nSPS) is 16.6. The maximum atomic E-state index is 13.2. The summed E-state index contributed by atoms with van der Waals surface area (Å²) in [4.78, 5) is 30.5.